The van der Waals surface area contributed by atoms with E-state index in [4.69, 9.17) is 31.3 Å². The molecule has 2 N–H and O–H groups in total. The van der Waals surface area contributed by atoms with Gasteiger partial charge in [-0.15, -0.1) is 11.8 Å². The van der Waals surface area contributed by atoms with Crippen molar-refractivity contribution in [3.63, 3.8) is 0 Å². The average molecular weight is 565 g/mol. The van der Waals surface area contributed by atoms with Gasteiger partial charge in [-0.3, -0.25) is 9.59 Å². The number of carbonyl (C=O) groups excluding carboxylic acids is 2. The fraction of sp³-hybridized carbons (Fsp3) is 0.308. The second-order valence-electron chi connectivity index (χ2n) is 8.26. The van der Waals surface area contributed by atoms with Gasteiger partial charge in [0.05, 0.1) is 18.0 Å². The number of nitrogens with zero attached hydrogens (tertiary/aromatic N) is 2. The number of carbonyl (C=O) groups is 4. The Kier molecular flexibility index (Phi) is 11.6. The molecule has 38 heavy (non-hydrogen) atoms. The summed E-state index contributed by atoms with van der Waals surface area (Å²) in [6, 6.07) is 12.9. The molecule has 1 amide bonds. The predicted molar refractivity (Wildman–Crippen MR) is 144 cm³/mol. The van der Waals surface area contributed by atoms with Gasteiger partial charge in [-0.05, 0) is 50.0 Å². The summed E-state index contributed by atoms with van der Waals surface area (Å²) in [4.78, 5) is 49.2. The molecule has 2 aromatic rings. The number of hydrogen-bond acceptors (Lipinski definition) is 8. The lowest BCUT2D eigenvalue weighted by atomic mass is 10.1. The standard InChI is InChI=1S/C22H25ClN2O4S.C4H4O4/c1-14(26)29-20-21(15-5-8-17(28-4)9-6-15)30-19-13-16(23)7-10-18(19)25(22(20)27)12-11-24(2)3;5-3(6)1-2-4(7)8/h5-10,13,20-21H,11-12H2,1-4H3;1-2H,(H,5,6)(H,7,8)/t20-,21+;/m1./s1. The first-order valence-electron chi connectivity index (χ1n) is 11.3. The third-order valence-corrected chi connectivity index (χ3v) is 6.72. The van der Waals surface area contributed by atoms with Crippen LogP contribution in [0.25, 0.3) is 0 Å². The normalized spacial score (nSPS) is 16.8. The second-order valence-corrected chi connectivity index (χ2v) is 9.88. The third kappa shape index (κ3) is 9.09. The van der Waals surface area contributed by atoms with Crippen LogP contribution >= 0.6 is 23.4 Å². The van der Waals surface area contributed by atoms with E-state index in [0.717, 1.165) is 16.1 Å². The Bertz CT molecular complexity index is 1170. The van der Waals surface area contributed by atoms with Crippen LogP contribution in [0.1, 0.15) is 17.7 Å². The number of thioether (sulfide) groups is 1. The number of likely N-dealkylation sites (N-methyl/N-ethyl adjacent to an activating group) is 1. The molecular formula is C26H29ClN2O8S. The minimum absolute atomic E-state index is 0.249. The molecule has 1 aliphatic heterocycles. The lowest BCUT2D eigenvalue weighted by Crippen LogP contribution is -2.45. The van der Waals surface area contributed by atoms with Gasteiger partial charge in [0.1, 0.15) is 5.75 Å². The Morgan fingerprint density at radius 3 is 2.18 bits per heavy atom. The summed E-state index contributed by atoms with van der Waals surface area (Å²) in [6.45, 7) is 2.45. The summed E-state index contributed by atoms with van der Waals surface area (Å²) in [5.41, 5.74) is 1.63. The van der Waals surface area contributed by atoms with Crippen molar-refractivity contribution in [1.29, 1.82) is 0 Å². The molecule has 0 unspecified atom stereocenters. The molecule has 0 bridgehead atoms. The quantitative estimate of drug-likeness (QED) is 0.361. The largest absolute Gasteiger partial charge is 0.497 e. The van der Waals surface area contributed by atoms with Gasteiger partial charge in [0.15, 0.2) is 6.10 Å². The van der Waals surface area contributed by atoms with E-state index in [9.17, 15) is 19.2 Å². The van der Waals surface area contributed by atoms with Crippen molar-refractivity contribution < 1.29 is 38.9 Å². The molecule has 12 heteroatoms. The van der Waals surface area contributed by atoms with E-state index in [-0.39, 0.29) is 5.91 Å². The van der Waals surface area contributed by atoms with Crippen LogP contribution < -0.4 is 9.64 Å². The number of amides is 1. The summed E-state index contributed by atoms with van der Waals surface area (Å²) in [5, 5.41) is 15.8. The summed E-state index contributed by atoms with van der Waals surface area (Å²) in [6.07, 6.45) is 0.152. The molecule has 0 spiro atoms. The van der Waals surface area contributed by atoms with Crippen LogP contribution in [-0.2, 0) is 23.9 Å². The highest BCUT2D eigenvalue weighted by molar-refractivity contribution is 7.99. The van der Waals surface area contributed by atoms with E-state index < -0.39 is 29.3 Å². The SMILES string of the molecule is COc1ccc([C@@H]2Sc3cc(Cl)ccc3N(CCN(C)C)C(=O)[C@@H]2OC(C)=O)cc1.O=C(O)C=CC(=O)O. The Balaban J connectivity index is 0.000000550. The van der Waals surface area contributed by atoms with Gasteiger partial charge in [0.2, 0.25) is 0 Å². The fourth-order valence-corrected chi connectivity index (χ4v) is 5.00. The van der Waals surface area contributed by atoms with Crippen LogP contribution in [0.5, 0.6) is 5.75 Å². The lowest BCUT2D eigenvalue weighted by molar-refractivity contribution is -0.152. The van der Waals surface area contributed by atoms with Crippen molar-refractivity contribution in [3.05, 3.63) is 65.2 Å². The number of carboxylic acid groups (broad SMARTS) is 2. The highest BCUT2D eigenvalue weighted by Crippen LogP contribution is 2.47. The van der Waals surface area contributed by atoms with Crippen molar-refractivity contribution in [3.8, 4) is 5.75 Å². The number of benzene rings is 2. The first kappa shape index (κ1) is 30.7. The zero-order chi connectivity index (χ0) is 28.4. The van der Waals surface area contributed by atoms with E-state index in [2.05, 4.69) is 0 Å². The second kappa shape index (κ2) is 14.4. The molecule has 10 nitrogen and oxygen atoms in total. The Morgan fingerprint density at radius 2 is 1.68 bits per heavy atom. The monoisotopic (exact) mass is 564 g/mol. The third-order valence-electron chi connectivity index (χ3n) is 5.13. The molecule has 0 fully saturated rings. The van der Waals surface area contributed by atoms with Crippen LogP contribution in [-0.4, -0.2) is 79.3 Å². The van der Waals surface area contributed by atoms with E-state index in [1.807, 2.05) is 55.4 Å². The number of esters is 1. The van der Waals surface area contributed by atoms with Crippen molar-refractivity contribution in [2.75, 3.05) is 39.2 Å². The number of rotatable bonds is 8. The van der Waals surface area contributed by atoms with Crippen molar-refractivity contribution in [2.45, 2.75) is 23.2 Å². The molecule has 0 saturated carbocycles. The van der Waals surface area contributed by atoms with Gasteiger partial charge < -0.3 is 29.5 Å². The predicted octanol–water partition coefficient (Wildman–Crippen LogP) is 3.73. The maximum Gasteiger partial charge on any atom is 0.328 e. The van der Waals surface area contributed by atoms with Gasteiger partial charge >= 0.3 is 17.9 Å². The number of anilines is 1. The Morgan fingerprint density at radius 1 is 1.08 bits per heavy atom. The molecule has 1 heterocycles. The summed E-state index contributed by atoms with van der Waals surface area (Å²) < 4.78 is 10.8. The highest BCUT2D eigenvalue weighted by Gasteiger charge is 2.40. The minimum atomic E-state index is -1.26. The van der Waals surface area contributed by atoms with Crippen LogP contribution in [0.15, 0.2) is 59.5 Å². The number of halogens is 1. The minimum Gasteiger partial charge on any atom is -0.497 e. The highest BCUT2D eigenvalue weighted by atomic mass is 35.5. The molecule has 2 atom stereocenters. The molecule has 0 saturated heterocycles. The maximum absolute atomic E-state index is 13.6. The lowest BCUT2D eigenvalue weighted by Gasteiger charge is -2.28. The van der Waals surface area contributed by atoms with E-state index in [0.29, 0.717) is 36.0 Å². The molecule has 0 aromatic heterocycles. The smallest absolute Gasteiger partial charge is 0.328 e. The number of aliphatic carboxylic acids is 2. The Labute approximate surface area is 229 Å². The fourth-order valence-electron chi connectivity index (χ4n) is 3.41. The van der Waals surface area contributed by atoms with Crippen LogP contribution in [0.3, 0.4) is 0 Å². The average Bonchev–Trinajstić information content (AvgIpc) is 2.96. The van der Waals surface area contributed by atoms with Gasteiger partial charge in [-0.2, -0.15) is 0 Å². The molecule has 0 radical (unpaired) electrons. The van der Waals surface area contributed by atoms with Crippen LogP contribution in [0.2, 0.25) is 5.02 Å². The number of ether oxygens (including phenoxy) is 2. The van der Waals surface area contributed by atoms with Gasteiger partial charge in [0, 0.05) is 42.1 Å². The molecule has 1 aliphatic rings. The number of carboxylic acids is 2. The maximum atomic E-state index is 13.6. The number of methoxy groups -OCH3 is 1. The van der Waals surface area contributed by atoms with Gasteiger partial charge in [-0.25, -0.2) is 9.59 Å². The number of fused-ring (bicyclic) bond motifs is 1. The van der Waals surface area contributed by atoms with Gasteiger partial charge in [-0.1, -0.05) is 23.7 Å². The first-order valence-corrected chi connectivity index (χ1v) is 12.6. The van der Waals surface area contributed by atoms with Crippen molar-refractivity contribution >= 4 is 52.9 Å². The molecule has 204 valence electrons. The number of hydrogen-bond donors (Lipinski definition) is 2. The van der Waals surface area contributed by atoms with Crippen LogP contribution in [0.4, 0.5) is 5.69 Å². The molecule has 0 aliphatic carbocycles. The molecule has 2 aromatic carbocycles. The van der Waals surface area contributed by atoms with Crippen molar-refractivity contribution in [1.82, 2.24) is 4.90 Å². The first-order chi connectivity index (χ1) is 17.9. The summed E-state index contributed by atoms with van der Waals surface area (Å²) in [5.74, 6) is -2.55. The zero-order valence-corrected chi connectivity index (χ0v) is 22.9. The molecule has 3 rings (SSSR count). The zero-order valence-electron chi connectivity index (χ0n) is 21.3. The van der Waals surface area contributed by atoms with Gasteiger partial charge in [0.25, 0.3) is 5.91 Å². The van der Waals surface area contributed by atoms with E-state index in [1.165, 1.54) is 18.7 Å². The van der Waals surface area contributed by atoms with E-state index in [1.54, 1.807) is 18.1 Å². The molecular weight excluding hydrogens is 536 g/mol. The van der Waals surface area contributed by atoms with Crippen LogP contribution in [0, 0.1) is 0 Å². The summed E-state index contributed by atoms with van der Waals surface area (Å²) in [7, 11) is 5.49. The summed E-state index contributed by atoms with van der Waals surface area (Å²) >= 11 is 7.74. The van der Waals surface area contributed by atoms with E-state index >= 15 is 0 Å². The van der Waals surface area contributed by atoms with Crippen molar-refractivity contribution in [2.24, 2.45) is 0 Å². The topological polar surface area (TPSA) is 134 Å². The Hall–Kier alpha value is -3.54.